The minimum absolute atomic E-state index is 0.334. The van der Waals surface area contributed by atoms with E-state index in [1.54, 1.807) is 0 Å². The van der Waals surface area contributed by atoms with Crippen LogP contribution in [0.4, 0.5) is 5.82 Å². The fraction of sp³-hybridized carbons (Fsp3) is 0.538. The van der Waals surface area contributed by atoms with Crippen LogP contribution in [0.5, 0.6) is 0 Å². The van der Waals surface area contributed by atoms with Crippen LogP contribution in [0, 0.1) is 19.8 Å². The van der Waals surface area contributed by atoms with Gasteiger partial charge in [0.1, 0.15) is 11.9 Å². The van der Waals surface area contributed by atoms with E-state index in [-0.39, 0.29) is 11.9 Å². The average molecular weight is 235 g/mol. The fourth-order valence-electron chi connectivity index (χ4n) is 1.81. The van der Waals surface area contributed by atoms with Gasteiger partial charge in [-0.3, -0.25) is 4.79 Å². The van der Waals surface area contributed by atoms with E-state index in [0.29, 0.717) is 18.2 Å². The Hall–Kier alpha value is -1.58. The van der Waals surface area contributed by atoms with Crippen molar-refractivity contribution in [2.45, 2.75) is 40.2 Å². The minimum atomic E-state index is -0.358. The summed E-state index contributed by atoms with van der Waals surface area (Å²) in [5, 5.41) is 3.11. The number of carbonyl (C=O) groups excluding carboxylic acids is 1. The first-order valence-corrected chi connectivity index (χ1v) is 5.89. The van der Waals surface area contributed by atoms with E-state index >= 15 is 0 Å². The van der Waals surface area contributed by atoms with Gasteiger partial charge in [-0.2, -0.15) is 0 Å². The SMILES string of the molecule is Cc1cc(C)nc(N[C@@H](CC(C)C)C(N)=O)c1. The van der Waals surface area contributed by atoms with Crippen LogP contribution in [0.3, 0.4) is 0 Å². The van der Waals surface area contributed by atoms with Gasteiger partial charge in [0.2, 0.25) is 5.91 Å². The second-order valence-corrected chi connectivity index (χ2v) is 4.90. The van der Waals surface area contributed by atoms with Crippen LogP contribution in [0.1, 0.15) is 31.5 Å². The molecule has 0 aromatic carbocycles. The van der Waals surface area contributed by atoms with Crippen molar-refractivity contribution in [1.82, 2.24) is 4.98 Å². The van der Waals surface area contributed by atoms with E-state index in [9.17, 15) is 4.79 Å². The van der Waals surface area contributed by atoms with E-state index < -0.39 is 0 Å². The molecule has 1 aromatic rings. The average Bonchev–Trinajstić information content (AvgIpc) is 2.13. The number of aromatic nitrogens is 1. The number of hydrogen-bond acceptors (Lipinski definition) is 3. The number of nitrogens with zero attached hydrogens (tertiary/aromatic N) is 1. The number of pyridine rings is 1. The second-order valence-electron chi connectivity index (χ2n) is 4.90. The molecule has 0 fully saturated rings. The molecule has 3 N–H and O–H groups in total. The molecule has 1 aromatic heterocycles. The highest BCUT2D eigenvalue weighted by molar-refractivity contribution is 5.82. The standard InChI is InChI=1S/C13H21N3O/c1-8(2)5-11(13(14)17)16-12-7-9(3)6-10(4)15-12/h6-8,11H,5H2,1-4H3,(H2,14,17)(H,15,16)/t11-/m0/s1. The molecule has 0 saturated heterocycles. The number of nitrogens with two attached hydrogens (primary N) is 1. The van der Waals surface area contributed by atoms with Crippen LogP contribution in [0.15, 0.2) is 12.1 Å². The molecule has 1 heterocycles. The summed E-state index contributed by atoms with van der Waals surface area (Å²) in [6.07, 6.45) is 0.712. The van der Waals surface area contributed by atoms with Crippen molar-refractivity contribution in [2.75, 3.05) is 5.32 Å². The summed E-state index contributed by atoms with van der Waals surface area (Å²) in [5.41, 5.74) is 7.43. The van der Waals surface area contributed by atoms with Crippen molar-refractivity contribution in [3.63, 3.8) is 0 Å². The lowest BCUT2D eigenvalue weighted by Crippen LogP contribution is -2.36. The predicted molar refractivity (Wildman–Crippen MR) is 69.8 cm³/mol. The Balaban J connectivity index is 2.82. The van der Waals surface area contributed by atoms with Gasteiger partial charge < -0.3 is 11.1 Å². The van der Waals surface area contributed by atoms with E-state index in [1.807, 2.05) is 26.0 Å². The first-order chi connectivity index (χ1) is 7.88. The lowest BCUT2D eigenvalue weighted by Gasteiger charge is -2.18. The molecule has 0 bridgehead atoms. The van der Waals surface area contributed by atoms with E-state index in [1.165, 1.54) is 0 Å². The van der Waals surface area contributed by atoms with E-state index in [0.717, 1.165) is 11.3 Å². The summed E-state index contributed by atoms with van der Waals surface area (Å²) in [6, 6.07) is 3.56. The number of amides is 1. The van der Waals surface area contributed by atoms with Crippen molar-refractivity contribution in [3.05, 3.63) is 23.4 Å². The summed E-state index contributed by atoms with van der Waals surface area (Å²) in [7, 11) is 0. The molecule has 0 aliphatic carbocycles. The fourth-order valence-corrected chi connectivity index (χ4v) is 1.81. The molecule has 0 saturated carbocycles. The topological polar surface area (TPSA) is 68.0 Å². The van der Waals surface area contributed by atoms with Crippen molar-refractivity contribution in [1.29, 1.82) is 0 Å². The number of primary amides is 1. The van der Waals surface area contributed by atoms with Gasteiger partial charge in [0.15, 0.2) is 0 Å². The molecule has 1 amide bonds. The Labute approximate surface area is 103 Å². The van der Waals surface area contributed by atoms with Crippen LogP contribution in [0.25, 0.3) is 0 Å². The second kappa shape index (κ2) is 5.66. The summed E-state index contributed by atoms with van der Waals surface area (Å²) >= 11 is 0. The molecule has 94 valence electrons. The van der Waals surface area contributed by atoms with Gasteiger partial charge in [-0.15, -0.1) is 0 Å². The molecule has 1 rings (SSSR count). The van der Waals surface area contributed by atoms with Crippen LogP contribution in [-0.2, 0) is 4.79 Å². The highest BCUT2D eigenvalue weighted by Crippen LogP contribution is 2.13. The molecule has 0 aliphatic heterocycles. The lowest BCUT2D eigenvalue weighted by atomic mass is 10.0. The number of aryl methyl sites for hydroxylation is 2. The minimum Gasteiger partial charge on any atom is -0.368 e. The highest BCUT2D eigenvalue weighted by atomic mass is 16.1. The zero-order valence-electron chi connectivity index (χ0n) is 10.9. The Kier molecular flexibility index (Phi) is 4.49. The molecule has 1 atom stereocenters. The number of carbonyl (C=O) groups is 1. The maximum Gasteiger partial charge on any atom is 0.239 e. The first-order valence-electron chi connectivity index (χ1n) is 5.89. The highest BCUT2D eigenvalue weighted by Gasteiger charge is 2.17. The van der Waals surface area contributed by atoms with Crippen LogP contribution >= 0.6 is 0 Å². The molecule has 0 spiro atoms. The summed E-state index contributed by atoms with van der Waals surface area (Å²) < 4.78 is 0. The monoisotopic (exact) mass is 235 g/mol. The molecule has 0 unspecified atom stereocenters. The van der Waals surface area contributed by atoms with E-state index in [4.69, 9.17) is 5.73 Å². The van der Waals surface area contributed by atoms with Gasteiger partial charge >= 0.3 is 0 Å². The van der Waals surface area contributed by atoms with Crippen molar-refractivity contribution in [2.24, 2.45) is 11.7 Å². The molecule has 4 nitrogen and oxygen atoms in total. The van der Waals surface area contributed by atoms with Crippen molar-refractivity contribution >= 4 is 11.7 Å². The van der Waals surface area contributed by atoms with Crippen LogP contribution in [-0.4, -0.2) is 16.9 Å². The van der Waals surface area contributed by atoms with Gasteiger partial charge in [-0.05, 0) is 43.9 Å². The quantitative estimate of drug-likeness (QED) is 0.820. The zero-order chi connectivity index (χ0) is 13.0. The Morgan fingerprint density at radius 3 is 2.53 bits per heavy atom. The van der Waals surface area contributed by atoms with Crippen molar-refractivity contribution in [3.8, 4) is 0 Å². The number of hydrogen-bond donors (Lipinski definition) is 2. The predicted octanol–water partition coefficient (Wildman–Crippen LogP) is 2.01. The summed E-state index contributed by atoms with van der Waals surface area (Å²) in [4.78, 5) is 15.7. The number of nitrogens with one attached hydrogen (secondary N) is 1. The Bertz CT molecular complexity index is 381. The summed E-state index contributed by atoms with van der Waals surface area (Å²) in [6.45, 7) is 8.06. The Morgan fingerprint density at radius 2 is 2.06 bits per heavy atom. The lowest BCUT2D eigenvalue weighted by molar-refractivity contribution is -0.119. The van der Waals surface area contributed by atoms with Gasteiger partial charge in [0, 0.05) is 5.69 Å². The van der Waals surface area contributed by atoms with Gasteiger partial charge in [0.05, 0.1) is 0 Å². The maximum absolute atomic E-state index is 11.3. The third kappa shape index (κ3) is 4.43. The summed E-state index contributed by atoms with van der Waals surface area (Å²) in [5.74, 6) is 0.789. The molecule has 0 aliphatic rings. The molecule has 0 radical (unpaired) electrons. The Morgan fingerprint density at radius 1 is 1.41 bits per heavy atom. The molecular weight excluding hydrogens is 214 g/mol. The van der Waals surface area contributed by atoms with Gasteiger partial charge in [-0.1, -0.05) is 13.8 Å². The third-order valence-corrected chi connectivity index (χ3v) is 2.47. The van der Waals surface area contributed by atoms with Gasteiger partial charge in [0.25, 0.3) is 0 Å². The molecular formula is C13H21N3O. The number of rotatable bonds is 5. The largest absolute Gasteiger partial charge is 0.368 e. The van der Waals surface area contributed by atoms with Gasteiger partial charge in [-0.25, -0.2) is 4.98 Å². The molecule has 17 heavy (non-hydrogen) atoms. The number of anilines is 1. The zero-order valence-corrected chi connectivity index (χ0v) is 10.9. The smallest absolute Gasteiger partial charge is 0.239 e. The molecule has 4 heteroatoms. The normalized spacial score (nSPS) is 12.5. The van der Waals surface area contributed by atoms with Crippen LogP contribution in [0.2, 0.25) is 0 Å². The van der Waals surface area contributed by atoms with E-state index in [2.05, 4.69) is 24.1 Å². The van der Waals surface area contributed by atoms with Crippen molar-refractivity contribution < 1.29 is 4.79 Å². The third-order valence-electron chi connectivity index (χ3n) is 2.47. The first kappa shape index (κ1) is 13.5. The maximum atomic E-state index is 11.3. The van der Waals surface area contributed by atoms with Crippen LogP contribution < -0.4 is 11.1 Å².